The monoisotopic (exact) mass is 154 g/mol. The lowest BCUT2D eigenvalue weighted by Gasteiger charge is -2.20. The van der Waals surface area contributed by atoms with Gasteiger partial charge in [-0.3, -0.25) is 4.99 Å². The molecule has 1 rings (SSSR count). The first-order chi connectivity index (χ1) is 5.20. The van der Waals surface area contributed by atoms with Gasteiger partial charge >= 0.3 is 0 Å². The predicted molar refractivity (Wildman–Crippen MR) is 45.5 cm³/mol. The maximum absolute atomic E-state index is 9.64. The van der Waals surface area contributed by atoms with Crippen LogP contribution >= 0.6 is 0 Å². The number of nitrogens with zero attached hydrogens (tertiary/aromatic N) is 1. The normalized spacial score (nSPS) is 29.5. The van der Waals surface area contributed by atoms with Crippen molar-refractivity contribution in [2.24, 2.45) is 4.99 Å². The number of aliphatic hydroxyl groups is 1. The Bertz CT molecular complexity index is 189. The minimum absolute atomic E-state index is 0.465. The molecule has 0 aromatic rings. The average Bonchev–Trinajstić information content (AvgIpc) is 2.35. The average molecular weight is 154 g/mol. The van der Waals surface area contributed by atoms with E-state index in [9.17, 15) is 5.11 Å². The zero-order chi connectivity index (χ0) is 8.32. The van der Waals surface area contributed by atoms with Crippen LogP contribution in [-0.4, -0.2) is 23.2 Å². The lowest BCUT2D eigenvalue weighted by Crippen LogP contribution is -2.44. The zero-order valence-corrected chi connectivity index (χ0v) is 6.80. The van der Waals surface area contributed by atoms with Gasteiger partial charge in [0.1, 0.15) is 5.84 Å². The van der Waals surface area contributed by atoms with Crippen LogP contribution in [0.4, 0.5) is 0 Å². The number of aliphatic imine (C=N–C) groups is 1. The minimum Gasteiger partial charge on any atom is -0.369 e. The fraction of sp³-hybridized carbons (Fsp3) is 0.625. The quantitative estimate of drug-likeness (QED) is 0.587. The molecule has 0 radical (unpaired) electrons. The maximum atomic E-state index is 9.64. The van der Waals surface area contributed by atoms with Crippen LogP contribution in [-0.2, 0) is 0 Å². The van der Waals surface area contributed by atoms with Crippen molar-refractivity contribution in [3.63, 3.8) is 0 Å². The van der Waals surface area contributed by atoms with E-state index in [4.69, 9.17) is 0 Å². The van der Waals surface area contributed by atoms with Gasteiger partial charge in [0.25, 0.3) is 0 Å². The summed E-state index contributed by atoms with van der Waals surface area (Å²) >= 11 is 0. The lowest BCUT2D eigenvalue weighted by atomic mass is 10.2. The number of rotatable bonds is 3. The highest BCUT2D eigenvalue weighted by Gasteiger charge is 2.29. The Hall–Kier alpha value is -0.830. The van der Waals surface area contributed by atoms with E-state index in [0.717, 1.165) is 5.84 Å². The Morgan fingerprint density at radius 3 is 3.09 bits per heavy atom. The second-order valence-electron chi connectivity index (χ2n) is 2.77. The Kier molecular flexibility index (Phi) is 2.29. The number of nitrogens with one attached hydrogen (secondary N) is 1. The molecule has 1 atom stereocenters. The standard InChI is InChI=1S/C8H14N2O/c1-3-5-7-9-6-8(11,4-2)10-7/h3,11H,1,4-6H2,2H3,(H,9,10). The molecule has 0 saturated carbocycles. The van der Waals surface area contributed by atoms with Gasteiger partial charge in [-0.25, -0.2) is 0 Å². The second kappa shape index (κ2) is 3.05. The van der Waals surface area contributed by atoms with Crippen LogP contribution in [0.15, 0.2) is 17.6 Å². The van der Waals surface area contributed by atoms with Gasteiger partial charge in [-0.1, -0.05) is 13.0 Å². The maximum Gasteiger partial charge on any atom is 0.155 e. The van der Waals surface area contributed by atoms with Gasteiger partial charge in [0.2, 0.25) is 0 Å². The summed E-state index contributed by atoms with van der Waals surface area (Å²) in [5.41, 5.74) is -0.793. The molecule has 1 aliphatic heterocycles. The van der Waals surface area contributed by atoms with Crippen LogP contribution in [0.2, 0.25) is 0 Å². The van der Waals surface area contributed by atoms with E-state index in [0.29, 0.717) is 19.4 Å². The van der Waals surface area contributed by atoms with E-state index >= 15 is 0 Å². The third kappa shape index (κ3) is 1.80. The van der Waals surface area contributed by atoms with E-state index in [1.807, 2.05) is 6.92 Å². The summed E-state index contributed by atoms with van der Waals surface area (Å²) in [6, 6.07) is 0. The van der Waals surface area contributed by atoms with E-state index in [2.05, 4.69) is 16.9 Å². The Morgan fingerprint density at radius 2 is 2.64 bits per heavy atom. The molecule has 62 valence electrons. The lowest BCUT2D eigenvalue weighted by molar-refractivity contribution is 0.0394. The first-order valence-electron chi connectivity index (χ1n) is 3.85. The molecule has 0 fully saturated rings. The van der Waals surface area contributed by atoms with Gasteiger partial charge in [-0.2, -0.15) is 0 Å². The number of hydrogen-bond acceptors (Lipinski definition) is 3. The molecule has 0 bridgehead atoms. The van der Waals surface area contributed by atoms with Gasteiger partial charge in [0.05, 0.1) is 6.54 Å². The van der Waals surface area contributed by atoms with Crippen molar-refractivity contribution >= 4 is 5.84 Å². The van der Waals surface area contributed by atoms with Crippen LogP contribution in [0, 0.1) is 0 Å². The third-order valence-corrected chi connectivity index (χ3v) is 1.83. The summed E-state index contributed by atoms with van der Waals surface area (Å²) in [5.74, 6) is 0.837. The molecule has 0 aromatic carbocycles. The molecule has 2 N–H and O–H groups in total. The second-order valence-corrected chi connectivity index (χ2v) is 2.77. The molecule has 0 aromatic heterocycles. The number of hydrogen-bond donors (Lipinski definition) is 2. The summed E-state index contributed by atoms with van der Waals surface area (Å²) < 4.78 is 0. The van der Waals surface area contributed by atoms with E-state index in [1.165, 1.54) is 0 Å². The fourth-order valence-electron chi connectivity index (χ4n) is 1.03. The van der Waals surface area contributed by atoms with Gasteiger partial charge in [-0.05, 0) is 6.42 Å². The molecule has 0 spiro atoms. The largest absolute Gasteiger partial charge is 0.369 e. The van der Waals surface area contributed by atoms with Crippen LogP contribution in [0.5, 0.6) is 0 Å². The van der Waals surface area contributed by atoms with Crippen molar-refractivity contribution in [2.75, 3.05) is 6.54 Å². The molecule has 0 saturated heterocycles. The summed E-state index contributed by atoms with van der Waals surface area (Å²) in [6.45, 7) is 5.99. The van der Waals surface area contributed by atoms with E-state index in [-0.39, 0.29) is 0 Å². The number of amidine groups is 1. The molecule has 3 nitrogen and oxygen atoms in total. The summed E-state index contributed by atoms with van der Waals surface area (Å²) in [5, 5.41) is 12.6. The summed E-state index contributed by atoms with van der Waals surface area (Å²) in [7, 11) is 0. The van der Waals surface area contributed by atoms with Crippen molar-refractivity contribution in [2.45, 2.75) is 25.5 Å². The van der Waals surface area contributed by atoms with Crippen molar-refractivity contribution in [3.8, 4) is 0 Å². The Morgan fingerprint density at radius 1 is 1.91 bits per heavy atom. The van der Waals surface area contributed by atoms with Gasteiger partial charge < -0.3 is 10.4 Å². The summed E-state index contributed by atoms with van der Waals surface area (Å²) in [6.07, 6.45) is 3.16. The molecule has 1 heterocycles. The molecular formula is C8H14N2O. The third-order valence-electron chi connectivity index (χ3n) is 1.83. The molecule has 11 heavy (non-hydrogen) atoms. The molecule has 3 heteroatoms. The molecule has 0 amide bonds. The van der Waals surface area contributed by atoms with Crippen molar-refractivity contribution < 1.29 is 5.11 Å². The highest BCUT2D eigenvalue weighted by atomic mass is 16.3. The van der Waals surface area contributed by atoms with E-state index in [1.54, 1.807) is 6.08 Å². The minimum atomic E-state index is -0.793. The van der Waals surface area contributed by atoms with Crippen molar-refractivity contribution in [1.82, 2.24) is 5.32 Å². The van der Waals surface area contributed by atoms with Crippen LogP contribution in [0.1, 0.15) is 19.8 Å². The molecular weight excluding hydrogens is 140 g/mol. The van der Waals surface area contributed by atoms with Crippen LogP contribution in [0.3, 0.4) is 0 Å². The zero-order valence-electron chi connectivity index (χ0n) is 6.80. The summed E-state index contributed by atoms with van der Waals surface area (Å²) in [4.78, 5) is 4.13. The van der Waals surface area contributed by atoms with Crippen LogP contribution in [0.25, 0.3) is 0 Å². The Balaban J connectivity index is 2.48. The van der Waals surface area contributed by atoms with E-state index < -0.39 is 5.72 Å². The molecule has 0 aliphatic carbocycles. The predicted octanol–water partition coefficient (Wildman–Crippen LogP) is 0.663. The van der Waals surface area contributed by atoms with Gasteiger partial charge in [0.15, 0.2) is 5.72 Å². The van der Waals surface area contributed by atoms with Gasteiger partial charge in [-0.15, -0.1) is 6.58 Å². The topological polar surface area (TPSA) is 44.6 Å². The van der Waals surface area contributed by atoms with Crippen molar-refractivity contribution in [3.05, 3.63) is 12.7 Å². The van der Waals surface area contributed by atoms with Gasteiger partial charge in [0, 0.05) is 6.42 Å². The smallest absolute Gasteiger partial charge is 0.155 e. The highest BCUT2D eigenvalue weighted by Crippen LogP contribution is 2.12. The first kappa shape index (κ1) is 8.27. The highest BCUT2D eigenvalue weighted by molar-refractivity contribution is 5.85. The molecule has 1 aliphatic rings. The molecule has 1 unspecified atom stereocenters. The van der Waals surface area contributed by atoms with Crippen molar-refractivity contribution in [1.29, 1.82) is 0 Å². The Labute approximate surface area is 66.8 Å². The van der Waals surface area contributed by atoms with Crippen LogP contribution < -0.4 is 5.32 Å². The SMILES string of the molecule is C=CCC1=NCC(O)(CC)N1. The fourth-order valence-corrected chi connectivity index (χ4v) is 1.03. The first-order valence-corrected chi connectivity index (χ1v) is 3.85.